The van der Waals surface area contributed by atoms with Gasteiger partial charge in [-0.2, -0.15) is 27.5 Å². The Balaban J connectivity index is 2.07. The topological polar surface area (TPSA) is 107 Å². The van der Waals surface area contributed by atoms with Crippen LogP contribution in [-0.2, 0) is 4.79 Å². The highest BCUT2D eigenvalue weighted by atomic mass is 19.2. The van der Waals surface area contributed by atoms with Crippen molar-refractivity contribution in [2.45, 2.75) is 25.3 Å². The minimum absolute atomic E-state index is 0.0589. The van der Waals surface area contributed by atoms with E-state index in [9.17, 15) is 39.9 Å². The van der Waals surface area contributed by atoms with Crippen molar-refractivity contribution in [3.8, 4) is 23.7 Å². The Kier molecular flexibility index (Phi) is 9.77. The van der Waals surface area contributed by atoms with Gasteiger partial charge in [0.2, 0.25) is 5.91 Å². The summed E-state index contributed by atoms with van der Waals surface area (Å²) in [5.74, 6) is -7.66. The standard InChI is InChI=1S/C26H17F8N5O/c27-18-15(19(28)23(32)38-22(18)31)6-4-12-9-13(5-7-16-20(29)24(33)39-25(34)21(16)30)11-14(10-12)37-26(40)17(36)3-1-2-8-35/h9-11,17H,1-3,8,35-36H2,(H,37,40)/t17-/m0/s1. The summed E-state index contributed by atoms with van der Waals surface area (Å²) in [7, 11) is 0. The van der Waals surface area contributed by atoms with Crippen LogP contribution in [0.5, 0.6) is 0 Å². The molecule has 0 aliphatic rings. The normalized spacial score (nSPS) is 11.2. The van der Waals surface area contributed by atoms with E-state index >= 15 is 0 Å². The molecule has 208 valence electrons. The lowest BCUT2D eigenvalue weighted by Gasteiger charge is -2.12. The first-order chi connectivity index (χ1) is 18.9. The minimum atomic E-state index is -1.94. The molecule has 1 aromatic carbocycles. The summed E-state index contributed by atoms with van der Waals surface area (Å²) in [6.45, 7) is 0.385. The zero-order valence-electron chi connectivity index (χ0n) is 20.1. The van der Waals surface area contributed by atoms with Gasteiger partial charge in [0.15, 0.2) is 23.3 Å². The van der Waals surface area contributed by atoms with Crippen molar-refractivity contribution in [2.24, 2.45) is 11.5 Å². The van der Waals surface area contributed by atoms with Crippen LogP contribution in [-0.4, -0.2) is 28.5 Å². The van der Waals surface area contributed by atoms with Gasteiger partial charge in [0.1, 0.15) is 11.1 Å². The Hall–Kier alpha value is -4.53. The zero-order valence-corrected chi connectivity index (χ0v) is 20.1. The number of hydrogen-bond acceptors (Lipinski definition) is 5. The van der Waals surface area contributed by atoms with Crippen LogP contribution < -0.4 is 16.8 Å². The maximum Gasteiger partial charge on any atom is 0.253 e. The summed E-state index contributed by atoms with van der Waals surface area (Å²) in [5, 5.41) is 2.44. The minimum Gasteiger partial charge on any atom is -0.330 e. The number of aromatic nitrogens is 2. The van der Waals surface area contributed by atoms with Gasteiger partial charge in [-0.3, -0.25) is 4.79 Å². The van der Waals surface area contributed by atoms with Crippen LogP contribution in [0.3, 0.4) is 0 Å². The first kappa shape index (κ1) is 30.0. The molecule has 3 aromatic rings. The van der Waals surface area contributed by atoms with E-state index < -0.39 is 70.1 Å². The number of benzene rings is 1. The van der Waals surface area contributed by atoms with Gasteiger partial charge in [-0.15, -0.1) is 0 Å². The predicted molar refractivity (Wildman–Crippen MR) is 126 cm³/mol. The average Bonchev–Trinajstić information content (AvgIpc) is 2.91. The molecule has 2 heterocycles. The molecule has 0 bridgehead atoms. The fourth-order valence-corrected chi connectivity index (χ4v) is 3.18. The summed E-state index contributed by atoms with van der Waals surface area (Å²) in [4.78, 5) is 17.3. The number of nitrogens with two attached hydrogens (primary N) is 2. The Morgan fingerprint density at radius 1 is 0.725 bits per heavy atom. The van der Waals surface area contributed by atoms with Crippen LogP contribution in [0.4, 0.5) is 40.8 Å². The molecule has 2 aromatic heterocycles. The molecule has 5 N–H and O–H groups in total. The third-order valence-electron chi connectivity index (χ3n) is 5.17. The summed E-state index contributed by atoms with van der Waals surface area (Å²) in [5.41, 5.74) is 8.29. The van der Waals surface area contributed by atoms with Crippen molar-refractivity contribution < 1.29 is 39.9 Å². The SMILES string of the molecule is NCCCC[C@H](N)C(=O)Nc1cc(C#Cc2c(F)c(F)nc(F)c2F)cc(C#Cc2c(F)c(F)nc(F)c2F)c1. The molecule has 1 amide bonds. The van der Waals surface area contributed by atoms with E-state index in [0.29, 0.717) is 19.4 Å². The van der Waals surface area contributed by atoms with Crippen molar-refractivity contribution in [1.82, 2.24) is 9.97 Å². The van der Waals surface area contributed by atoms with Gasteiger partial charge in [0.25, 0.3) is 23.8 Å². The van der Waals surface area contributed by atoms with E-state index in [4.69, 9.17) is 11.5 Å². The third-order valence-corrected chi connectivity index (χ3v) is 5.17. The molecule has 0 aliphatic heterocycles. The Morgan fingerprint density at radius 3 is 1.55 bits per heavy atom. The van der Waals surface area contributed by atoms with Crippen molar-refractivity contribution in [3.05, 3.63) is 87.5 Å². The summed E-state index contributed by atoms with van der Waals surface area (Å²) in [6.07, 6.45) is 1.42. The number of pyridine rings is 2. The number of nitrogens with zero attached hydrogens (tertiary/aromatic N) is 2. The van der Waals surface area contributed by atoms with Gasteiger partial charge in [-0.05, 0) is 37.6 Å². The Morgan fingerprint density at radius 2 is 1.15 bits per heavy atom. The lowest BCUT2D eigenvalue weighted by molar-refractivity contribution is -0.117. The second-order valence-electron chi connectivity index (χ2n) is 8.07. The number of halogens is 8. The second-order valence-corrected chi connectivity index (χ2v) is 8.07. The predicted octanol–water partition coefficient (Wildman–Crippen LogP) is 3.78. The molecule has 40 heavy (non-hydrogen) atoms. The molecule has 3 rings (SSSR count). The van der Waals surface area contributed by atoms with E-state index in [0.717, 1.165) is 6.07 Å². The lowest BCUT2D eigenvalue weighted by atomic mass is 10.1. The second kappa shape index (κ2) is 13.0. The molecule has 0 spiro atoms. The number of hydrogen-bond donors (Lipinski definition) is 3. The maximum atomic E-state index is 14.0. The molecule has 0 aliphatic carbocycles. The first-order valence-corrected chi connectivity index (χ1v) is 11.3. The largest absolute Gasteiger partial charge is 0.330 e. The van der Waals surface area contributed by atoms with E-state index in [2.05, 4.69) is 27.1 Å². The van der Waals surface area contributed by atoms with Gasteiger partial charge in [-0.1, -0.05) is 30.1 Å². The van der Waals surface area contributed by atoms with Crippen LogP contribution in [0, 0.1) is 70.7 Å². The molecule has 0 saturated heterocycles. The van der Waals surface area contributed by atoms with E-state index in [1.54, 1.807) is 0 Å². The molecule has 0 unspecified atom stereocenters. The van der Waals surface area contributed by atoms with Crippen LogP contribution >= 0.6 is 0 Å². The summed E-state index contributed by atoms with van der Waals surface area (Å²) < 4.78 is 110. The first-order valence-electron chi connectivity index (χ1n) is 11.3. The highest BCUT2D eigenvalue weighted by Gasteiger charge is 2.20. The highest BCUT2D eigenvalue weighted by Crippen LogP contribution is 2.19. The number of amides is 1. The number of unbranched alkanes of at least 4 members (excludes halogenated alkanes) is 1. The highest BCUT2D eigenvalue weighted by molar-refractivity contribution is 5.95. The van der Waals surface area contributed by atoms with E-state index in [-0.39, 0.29) is 23.2 Å². The summed E-state index contributed by atoms with van der Waals surface area (Å²) in [6, 6.07) is 2.44. The van der Waals surface area contributed by atoms with Crippen molar-refractivity contribution >= 4 is 11.6 Å². The van der Waals surface area contributed by atoms with Gasteiger partial charge < -0.3 is 16.8 Å². The molecule has 14 heteroatoms. The lowest BCUT2D eigenvalue weighted by Crippen LogP contribution is -2.35. The number of rotatable bonds is 6. The van der Waals surface area contributed by atoms with E-state index in [1.807, 2.05) is 11.8 Å². The van der Waals surface area contributed by atoms with Crippen LogP contribution in [0.2, 0.25) is 0 Å². The maximum absolute atomic E-state index is 14.0. The van der Waals surface area contributed by atoms with Gasteiger partial charge in [0.05, 0.1) is 6.04 Å². The molecule has 1 atom stereocenters. The monoisotopic (exact) mass is 567 g/mol. The molecule has 6 nitrogen and oxygen atoms in total. The van der Waals surface area contributed by atoms with Crippen molar-refractivity contribution in [3.63, 3.8) is 0 Å². The van der Waals surface area contributed by atoms with Gasteiger partial charge >= 0.3 is 0 Å². The van der Waals surface area contributed by atoms with Gasteiger partial charge in [0, 0.05) is 16.8 Å². The zero-order chi connectivity index (χ0) is 29.6. The summed E-state index contributed by atoms with van der Waals surface area (Å²) >= 11 is 0. The number of carbonyl (C=O) groups excluding carboxylic acids is 1. The third kappa shape index (κ3) is 7.11. The number of carbonyl (C=O) groups is 1. The van der Waals surface area contributed by atoms with Crippen LogP contribution in [0.25, 0.3) is 0 Å². The fourth-order valence-electron chi connectivity index (χ4n) is 3.18. The van der Waals surface area contributed by atoms with Crippen LogP contribution in [0.15, 0.2) is 18.2 Å². The quantitative estimate of drug-likeness (QED) is 0.182. The van der Waals surface area contributed by atoms with Crippen molar-refractivity contribution in [1.29, 1.82) is 0 Å². The molecular formula is C26H17F8N5O. The average molecular weight is 567 g/mol. The van der Waals surface area contributed by atoms with Crippen LogP contribution in [0.1, 0.15) is 41.5 Å². The Labute approximate surface area is 221 Å². The van der Waals surface area contributed by atoms with Crippen molar-refractivity contribution in [2.75, 3.05) is 11.9 Å². The van der Waals surface area contributed by atoms with Gasteiger partial charge in [-0.25, -0.2) is 17.6 Å². The Bertz CT molecular complexity index is 1440. The molecule has 0 fully saturated rings. The molecule has 0 saturated carbocycles. The van der Waals surface area contributed by atoms with E-state index in [1.165, 1.54) is 12.1 Å². The molecule has 0 radical (unpaired) electrons. The number of anilines is 1. The smallest absolute Gasteiger partial charge is 0.253 e. The molecular weight excluding hydrogens is 550 g/mol. The fraction of sp³-hybridized carbons (Fsp3) is 0.192. The number of nitrogens with one attached hydrogen (secondary N) is 1.